The minimum Gasteiger partial charge on any atom is -0.462 e. The Balaban J connectivity index is 1.72. The molecule has 15 heteroatoms. The SMILES string of the molecule is CCCCCCCCCCCCCCCCCCCCCCCCC(=O)OC(COC(=O)CCCCCCCCCCCCCCC)COC1OC(COC2OC(CO)C(O)C(O)C2O)C(O)C(O)C1O. The van der Waals surface area contributed by atoms with Crippen LogP contribution < -0.4 is 0 Å². The van der Waals surface area contributed by atoms with E-state index in [9.17, 15) is 45.3 Å². The third-order valence-corrected chi connectivity index (χ3v) is 14.3. The number of esters is 2. The molecule has 0 aromatic heterocycles. The highest BCUT2D eigenvalue weighted by Gasteiger charge is 2.47. The van der Waals surface area contributed by atoms with Gasteiger partial charge in [0.25, 0.3) is 0 Å². The standard InChI is InChI=1S/C56H106O15/c1-3-5-7-9-11-13-15-17-18-19-20-21-22-23-24-25-27-29-31-33-35-37-39-48(59)69-44(41-66-47(58)38-36-34-32-30-28-26-16-14-12-10-8-6-4-2)42-67-55-54(65)52(63)50(61)46(71-55)43-68-56-53(64)51(62)49(60)45(40-57)70-56/h44-46,49-57,60-65H,3-43H2,1-2H3. The van der Waals surface area contributed by atoms with Crippen molar-refractivity contribution in [3.63, 3.8) is 0 Å². The molecule has 0 aliphatic carbocycles. The lowest BCUT2D eigenvalue weighted by atomic mass is 9.98. The van der Waals surface area contributed by atoms with Crippen molar-refractivity contribution in [1.82, 2.24) is 0 Å². The lowest BCUT2D eigenvalue weighted by Gasteiger charge is -2.42. The molecule has 0 spiro atoms. The van der Waals surface area contributed by atoms with Crippen LogP contribution >= 0.6 is 0 Å². The van der Waals surface area contributed by atoms with Gasteiger partial charge in [-0.15, -0.1) is 0 Å². The van der Waals surface area contributed by atoms with Crippen LogP contribution in [0.25, 0.3) is 0 Å². The third-order valence-electron chi connectivity index (χ3n) is 14.3. The van der Waals surface area contributed by atoms with E-state index in [4.69, 9.17) is 28.4 Å². The zero-order valence-corrected chi connectivity index (χ0v) is 44.7. The average Bonchev–Trinajstić information content (AvgIpc) is 3.36. The molecule has 11 unspecified atom stereocenters. The van der Waals surface area contributed by atoms with E-state index >= 15 is 0 Å². The highest BCUT2D eigenvalue weighted by molar-refractivity contribution is 5.70. The molecule has 2 aliphatic rings. The van der Waals surface area contributed by atoms with Crippen LogP contribution in [0.1, 0.15) is 251 Å². The number of rotatable bonds is 47. The Morgan fingerprint density at radius 1 is 0.394 bits per heavy atom. The van der Waals surface area contributed by atoms with E-state index < -0.39 is 92.7 Å². The Hall–Kier alpha value is -1.50. The van der Waals surface area contributed by atoms with Crippen LogP contribution in [0.3, 0.4) is 0 Å². The van der Waals surface area contributed by atoms with Crippen LogP contribution in [0.5, 0.6) is 0 Å². The third kappa shape index (κ3) is 31.2. The lowest BCUT2D eigenvalue weighted by molar-refractivity contribution is -0.332. The summed E-state index contributed by atoms with van der Waals surface area (Å²) in [4.78, 5) is 25.8. The van der Waals surface area contributed by atoms with Gasteiger partial charge in [0.1, 0.15) is 55.4 Å². The molecule has 0 aromatic carbocycles. The summed E-state index contributed by atoms with van der Waals surface area (Å²) in [6.07, 6.45) is 27.0. The maximum Gasteiger partial charge on any atom is 0.306 e. The minimum atomic E-state index is -1.76. The van der Waals surface area contributed by atoms with Gasteiger partial charge in [0.2, 0.25) is 0 Å². The first kappa shape index (κ1) is 65.6. The molecule has 0 saturated carbocycles. The van der Waals surface area contributed by atoms with Gasteiger partial charge >= 0.3 is 11.9 Å². The van der Waals surface area contributed by atoms with Crippen molar-refractivity contribution in [2.24, 2.45) is 0 Å². The first-order chi connectivity index (χ1) is 34.5. The Morgan fingerprint density at radius 2 is 0.718 bits per heavy atom. The summed E-state index contributed by atoms with van der Waals surface area (Å²) in [5.41, 5.74) is 0. The Labute approximate surface area is 429 Å². The van der Waals surface area contributed by atoms with Crippen LogP contribution in [0.2, 0.25) is 0 Å². The zero-order valence-electron chi connectivity index (χ0n) is 44.7. The van der Waals surface area contributed by atoms with Gasteiger partial charge in [0.05, 0.1) is 19.8 Å². The predicted molar refractivity (Wildman–Crippen MR) is 275 cm³/mol. The van der Waals surface area contributed by atoms with Crippen molar-refractivity contribution in [1.29, 1.82) is 0 Å². The van der Waals surface area contributed by atoms with Crippen molar-refractivity contribution in [2.75, 3.05) is 26.4 Å². The molecule has 11 atom stereocenters. The highest BCUT2D eigenvalue weighted by Crippen LogP contribution is 2.27. The number of unbranched alkanes of at least 4 members (excludes halogenated alkanes) is 33. The summed E-state index contributed by atoms with van der Waals surface area (Å²) >= 11 is 0. The molecule has 0 aromatic rings. The number of aliphatic hydroxyl groups excluding tert-OH is 7. The van der Waals surface area contributed by atoms with E-state index in [0.29, 0.717) is 12.8 Å². The maximum atomic E-state index is 13.1. The summed E-state index contributed by atoms with van der Waals surface area (Å²) in [5.74, 6) is -0.905. The van der Waals surface area contributed by atoms with Crippen molar-refractivity contribution < 1.29 is 73.8 Å². The normalized spacial score (nSPS) is 25.1. The van der Waals surface area contributed by atoms with Crippen molar-refractivity contribution in [3.05, 3.63) is 0 Å². The van der Waals surface area contributed by atoms with Gasteiger partial charge in [0.15, 0.2) is 18.7 Å². The summed E-state index contributed by atoms with van der Waals surface area (Å²) in [7, 11) is 0. The molecule has 2 rings (SSSR count). The van der Waals surface area contributed by atoms with E-state index in [2.05, 4.69) is 13.8 Å². The maximum absolute atomic E-state index is 13.1. The Bertz CT molecular complexity index is 1240. The monoisotopic (exact) mass is 1020 g/mol. The van der Waals surface area contributed by atoms with Gasteiger partial charge in [0, 0.05) is 12.8 Å². The number of hydrogen-bond acceptors (Lipinski definition) is 15. The summed E-state index contributed by atoms with van der Waals surface area (Å²) in [5, 5.41) is 72.2. The molecule has 2 saturated heterocycles. The predicted octanol–water partition coefficient (Wildman–Crippen LogP) is 9.56. The zero-order chi connectivity index (χ0) is 51.7. The van der Waals surface area contributed by atoms with Crippen LogP contribution in [0.15, 0.2) is 0 Å². The molecule has 2 aliphatic heterocycles. The molecule has 420 valence electrons. The van der Waals surface area contributed by atoms with E-state index in [0.717, 1.165) is 38.5 Å². The van der Waals surface area contributed by atoms with E-state index in [1.54, 1.807) is 0 Å². The smallest absolute Gasteiger partial charge is 0.306 e. The minimum absolute atomic E-state index is 0.174. The van der Waals surface area contributed by atoms with Crippen LogP contribution in [-0.4, -0.2) is 142 Å². The topological polar surface area (TPSA) is 231 Å². The first-order valence-electron chi connectivity index (χ1n) is 29.1. The van der Waals surface area contributed by atoms with Crippen molar-refractivity contribution in [2.45, 2.75) is 319 Å². The second-order valence-electron chi connectivity index (χ2n) is 20.8. The molecular formula is C56H106O15. The molecule has 2 heterocycles. The van der Waals surface area contributed by atoms with Gasteiger partial charge in [-0.05, 0) is 12.8 Å². The molecule has 0 radical (unpaired) electrons. The van der Waals surface area contributed by atoms with Crippen molar-refractivity contribution in [3.8, 4) is 0 Å². The fraction of sp³-hybridized carbons (Fsp3) is 0.964. The number of carbonyl (C=O) groups is 2. The molecule has 7 N–H and O–H groups in total. The summed E-state index contributed by atoms with van der Waals surface area (Å²) in [6, 6.07) is 0. The summed E-state index contributed by atoms with van der Waals surface area (Å²) < 4.78 is 33.7. The molecular weight excluding hydrogens is 913 g/mol. The van der Waals surface area contributed by atoms with E-state index in [1.165, 1.54) is 173 Å². The number of hydrogen-bond donors (Lipinski definition) is 7. The van der Waals surface area contributed by atoms with Crippen LogP contribution in [0.4, 0.5) is 0 Å². The lowest BCUT2D eigenvalue weighted by Crippen LogP contribution is -2.61. The van der Waals surface area contributed by atoms with E-state index in [1.807, 2.05) is 0 Å². The average molecular weight is 1020 g/mol. The number of aliphatic hydroxyl groups is 7. The number of ether oxygens (including phenoxy) is 6. The second kappa shape index (κ2) is 43.7. The largest absolute Gasteiger partial charge is 0.462 e. The van der Waals surface area contributed by atoms with E-state index in [-0.39, 0.29) is 26.1 Å². The fourth-order valence-electron chi connectivity index (χ4n) is 9.57. The molecule has 15 nitrogen and oxygen atoms in total. The highest BCUT2D eigenvalue weighted by atomic mass is 16.7. The molecule has 0 bridgehead atoms. The Kier molecular flexibility index (Phi) is 40.4. The van der Waals surface area contributed by atoms with Gasteiger partial charge in [-0.25, -0.2) is 0 Å². The van der Waals surface area contributed by atoms with Gasteiger partial charge in [-0.2, -0.15) is 0 Å². The van der Waals surface area contributed by atoms with Crippen LogP contribution in [-0.2, 0) is 38.0 Å². The summed E-state index contributed by atoms with van der Waals surface area (Å²) in [6.45, 7) is 2.65. The van der Waals surface area contributed by atoms with Gasteiger partial charge in [-0.1, -0.05) is 226 Å². The van der Waals surface area contributed by atoms with Gasteiger partial charge in [-0.3, -0.25) is 9.59 Å². The van der Waals surface area contributed by atoms with Gasteiger partial charge < -0.3 is 64.2 Å². The molecule has 2 fully saturated rings. The number of carbonyl (C=O) groups excluding carboxylic acids is 2. The second-order valence-corrected chi connectivity index (χ2v) is 20.8. The Morgan fingerprint density at radius 3 is 1.10 bits per heavy atom. The quantitative estimate of drug-likeness (QED) is 0.0222. The fourth-order valence-corrected chi connectivity index (χ4v) is 9.57. The van der Waals surface area contributed by atoms with Crippen LogP contribution in [0, 0.1) is 0 Å². The molecule has 0 amide bonds. The first-order valence-corrected chi connectivity index (χ1v) is 29.1. The van der Waals surface area contributed by atoms with Crippen molar-refractivity contribution >= 4 is 11.9 Å². The molecule has 71 heavy (non-hydrogen) atoms.